The third kappa shape index (κ3) is 12.3. The summed E-state index contributed by atoms with van der Waals surface area (Å²) in [5.74, 6) is -3.06. The Kier molecular flexibility index (Phi) is 14.7. The van der Waals surface area contributed by atoms with Gasteiger partial charge in [0, 0.05) is 24.8 Å². The SMILES string of the molecule is ClC(Cl)Cl.O=C([O-])c1ccccn1.[Co+2].[O-]C1(c2ccccn2)OO1.c1ccc(-c2ccccn2)nc1. The van der Waals surface area contributed by atoms with Crippen LogP contribution in [-0.4, -0.2) is 30.2 Å². The molecule has 0 N–H and O–H groups in total. The van der Waals surface area contributed by atoms with Gasteiger partial charge in [0.05, 0.1) is 28.7 Å². The van der Waals surface area contributed by atoms with E-state index in [4.69, 9.17) is 34.8 Å². The quantitative estimate of drug-likeness (QED) is 0.199. The molecule has 36 heavy (non-hydrogen) atoms. The average Bonchev–Trinajstić information content (AvgIpc) is 3.65. The summed E-state index contributed by atoms with van der Waals surface area (Å²) in [6, 6.07) is 21.2. The number of hydrogen-bond acceptors (Lipinski definition) is 9. The molecule has 0 aliphatic carbocycles. The molecular weight excluding hydrogens is 578 g/mol. The molecule has 13 heteroatoms. The van der Waals surface area contributed by atoms with Crippen molar-refractivity contribution in [3.63, 3.8) is 0 Å². The van der Waals surface area contributed by atoms with Crippen LogP contribution in [0.4, 0.5) is 0 Å². The van der Waals surface area contributed by atoms with Gasteiger partial charge in [-0.3, -0.25) is 19.9 Å². The van der Waals surface area contributed by atoms with Gasteiger partial charge in [-0.2, -0.15) is 0 Å². The van der Waals surface area contributed by atoms with Crippen molar-refractivity contribution < 1.29 is 41.6 Å². The van der Waals surface area contributed by atoms with E-state index in [1.165, 1.54) is 18.5 Å². The number of aromatic carboxylic acids is 1. The molecule has 1 saturated heterocycles. The summed E-state index contributed by atoms with van der Waals surface area (Å²) >= 11 is 14.4. The minimum absolute atomic E-state index is 0. The standard InChI is InChI=1S/C10H8N2.C6H4NO3.C6H5NO2.CHCl3.Co/c1-3-7-11-9(5-1)10-6-2-4-8-12-10;8-6(9-10-6)5-3-1-2-4-7-5;8-6(9)5-3-1-2-4-7-5;2-1(3)4;/h1-8H;1-4H;1-4H,(H,8,9);1H;/q;-1;;;+2/p-1. The summed E-state index contributed by atoms with van der Waals surface area (Å²) in [4.78, 5) is 34.0. The van der Waals surface area contributed by atoms with Crippen molar-refractivity contribution in [2.75, 3.05) is 0 Å². The molecule has 0 saturated carbocycles. The van der Waals surface area contributed by atoms with E-state index in [1.807, 2.05) is 36.4 Å². The zero-order valence-electron chi connectivity index (χ0n) is 18.1. The molecule has 5 rings (SSSR count). The summed E-state index contributed by atoms with van der Waals surface area (Å²) in [7, 11) is 0. The van der Waals surface area contributed by atoms with E-state index in [9.17, 15) is 15.0 Å². The van der Waals surface area contributed by atoms with Crippen LogP contribution in [-0.2, 0) is 32.5 Å². The Morgan fingerprint density at radius 3 is 1.42 bits per heavy atom. The average molecular weight is 595 g/mol. The van der Waals surface area contributed by atoms with Crippen molar-refractivity contribution in [3.05, 3.63) is 109 Å². The van der Waals surface area contributed by atoms with Crippen LogP contribution in [0.25, 0.3) is 11.4 Å². The monoisotopic (exact) mass is 593 g/mol. The van der Waals surface area contributed by atoms with Crippen LogP contribution in [0.5, 0.6) is 0 Å². The number of halogens is 3. The first kappa shape index (κ1) is 31.4. The molecule has 0 unspecified atom stereocenters. The number of aromatic nitrogens is 4. The first-order valence-electron chi connectivity index (χ1n) is 9.67. The number of rotatable bonds is 3. The first-order valence-corrected chi connectivity index (χ1v) is 11.0. The number of nitrogens with zero attached hydrogens (tertiary/aromatic N) is 4. The third-order valence-electron chi connectivity index (χ3n) is 3.68. The van der Waals surface area contributed by atoms with Gasteiger partial charge in [-0.05, 0) is 48.5 Å². The van der Waals surface area contributed by atoms with E-state index in [1.54, 1.807) is 42.7 Å². The van der Waals surface area contributed by atoms with E-state index in [0.29, 0.717) is 0 Å². The van der Waals surface area contributed by atoms with Crippen molar-refractivity contribution in [3.8, 4) is 11.4 Å². The predicted molar refractivity (Wildman–Crippen MR) is 125 cm³/mol. The fourth-order valence-corrected chi connectivity index (χ4v) is 2.18. The van der Waals surface area contributed by atoms with Gasteiger partial charge in [-0.15, -0.1) is 0 Å². The van der Waals surface area contributed by atoms with Crippen LogP contribution in [0.3, 0.4) is 0 Å². The molecule has 4 aromatic rings. The van der Waals surface area contributed by atoms with E-state index in [2.05, 4.69) is 29.7 Å². The number of carboxylic acids is 1. The van der Waals surface area contributed by atoms with Crippen molar-refractivity contribution in [1.82, 2.24) is 19.9 Å². The number of carbonyl (C=O) groups is 1. The van der Waals surface area contributed by atoms with Gasteiger partial charge >= 0.3 is 16.8 Å². The Hall–Kier alpha value is -2.67. The molecular formula is C23H17Cl3CoN4O5. The van der Waals surface area contributed by atoms with Gasteiger partial charge in [0.25, 0.3) is 0 Å². The number of carboxylic acid groups (broad SMARTS) is 1. The molecule has 5 heterocycles. The van der Waals surface area contributed by atoms with Crippen LogP contribution in [0.15, 0.2) is 97.6 Å². The zero-order chi connectivity index (χ0) is 25.5. The Morgan fingerprint density at radius 2 is 1.14 bits per heavy atom. The molecule has 0 spiro atoms. The Labute approximate surface area is 232 Å². The Bertz CT molecular complexity index is 1090. The largest absolute Gasteiger partial charge is 2.00 e. The van der Waals surface area contributed by atoms with Gasteiger partial charge in [0.2, 0.25) is 5.97 Å². The molecule has 0 amide bonds. The topological polar surface area (TPSA) is 140 Å². The van der Waals surface area contributed by atoms with E-state index < -0.39 is 16.2 Å². The molecule has 9 nitrogen and oxygen atoms in total. The van der Waals surface area contributed by atoms with Gasteiger partial charge < -0.3 is 15.0 Å². The smallest absolute Gasteiger partial charge is 0.797 e. The minimum atomic E-state index is -1.82. The maximum Gasteiger partial charge on any atom is 2.00 e. The van der Waals surface area contributed by atoms with Gasteiger partial charge in [-0.1, -0.05) is 59.1 Å². The summed E-state index contributed by atoms with van der Waals surface area (Å²) in [5, 5.41) is 20.9. The van der Waals surface area contributed by atoms with Gasteiger partial charge in [-0.25, -0.2) is 9.78 Å². The molecule has 4 aromatic heterocycles. The fraction of sp³-hybridized carbons (Fsp3) is 0.0870. The molecule has 1 radical (unpaired) electrons. The summed E-state index contributed by atoms with van der Waals surface area (Å²) < 4.78 is -0.750. The van der Waals surface area contributed by atoms with E-state index in [0.717, 1.165) is 11.4 Å². The predicted octanol–water partition coefficient (Wildman–Crippen LogP) is 3.09. The van der Waals surface area contributed by atoms with E-state index in [-0.39, 0.29) is 28.2 Å². The van der Waals surface area contributed by atoms with Crippen LogP contribution < -0.4 is 10.2 Å². The van der Waals surface area contributed by atoms with Crippen molar-refractivity contribution in [1.29, 1.82) is 0 Å². The Morgan fingerprint density at radius 1 is 0.722 bits per heavy atom. The third-order valence-corrected chi connectivity index (χ3v) is 3.68. The van der Waals surface area contributed by atoms with Gasteiger partial charge in [0.15, 0.2) is 4.30 Å². The Balaban J connectivity index is 0.000000251. The maximum absolute atomic E-state index is 10.9. The van der Waals surface area contributed by atoms with Gasteiger partial charge in [0.1, 0.15) is 0 Å². The van der Waals surface area contributed by atoms with Crippen molar-refractivity contribution >= 4 is 40.8 Å². The minimum Gasteiger partial charge on any atom is -0.797 e. The number of pyridine rings is 4. The number of hydrogen-bond donors (Lipinski definition) is 0. The zero-order valence-corrected chi connectivity index (χ0v) is 21.4. The second kappa shape index (κ2) is 16.9. The maximum atomic E-state index is 10.9. The number of alkyl halides is 3. The second-order valence-corrected chi connectivity index (χ2v) is 8.10. The second-order valence-electron chi connectivity index (χ2n) is 6.12. The van der Waals surface area contributed by atoms with Crippen LogP contribution in [0.1, 0.15) is 16.2 Å². The summed E-state index contributed by atoms with van der Waals surface area (Å²) in [6.07, 6.45) is 6.46. The molecule has 1 fully saturated rings. The van der Waals surface area contributed by atoms with Crippen LogP contribution in [0, 0.1) is 0 Å². The summed E-state index contributed by atoms with van der Waals surface area (Å²) in [6.45, 7) is 0. The van der Waals surface area contributed by atoms with Crippen molar-refractivity contribution in [2.45, 2.75) is 10.3 Å². The van der Waals surface area contributed by atoms with Crippen LogP contribution >= 0.6 is 34.8 Å². The molecule has 189 valence electrons. The number of carbonyl (C=O) groups excluding carboxylic acids is 1. The van der Waals surface area contributed by atoms with Crippen LogP contribution in [0.2, 0.25) is 0 Å². The molecule has 0 bridgehead atoms. The molecule has 1 aliphatic heterocycles. The molecule has 1 aliphatic rings. The molecule has 0 aromatic carbocycles. The van der Waals surface area contributed by atoms with E-state index >= 15 is 0 Å². The van der Waals surface area contributed by atoms with Crippen molar-refractivity contribution in [2.24, 2.45) is 0 Å². The fourth-order valence-electron chi connectivity index (χ4n) is 2.18. The molecule has 0 atom stereocenters. The summed E-state index contributed by atoms with van der Waals surface area (Å²) in [5.41, 5.74) is 2.06. The normalized spacial score (nSPS) is 12.1. The first-order chi connectivity index (χ1) is 16.8.